The van der Waals surface area contributed by atoms with Gasteiger partial charge in [-0.05, 0) is 79.0 Å². The van der Waals surface area contributed by atoms with Gasteiger partial charge in [0.25, 0.3) is 5.91 Å². The standard InChI is InChI=1S/C21H23BrFN3O4S/c1-12-10-14(4-5-15(12)18(27)26-9-8-13(23)11-26)24-19(28)21(2,3)25-20(29)30-17-7-6-16(22)31-17/h4-7,10,13H,8-9,11H2,1-3H3,(H,24,28)(H,25,29). The van der Waals surface area contributed by atoms with Gasteiger partial charge in [-0.25, -0.2) is 9.18 Å². The van der Waals surface area contributed by atoms with E-state index >= 15 is 0 Å². The summed E-state index contributed by atoms with van der Waals surface area (Å²) < 4.78 is 19.4. The summed E-state index contributed by atoms with van der Waals surface area (Å²) in [7, 11) is 0. The number of aryl methyl sites for hydroxylation is 1. The van der Waals surface area contributed by atoms with Gasteiger partial charge in [0.1, 0.15) is 11.7 Å². The summed E-state index contributed by atoms with van der Waals surface area (Å²) in [6.07, 6.45) is -1.37. The number of hydrogen-bond donors (Lipinski definition) is 2. The molecule has 31 heavy (non-hydrogen) atoms. The number of halogens is 2. The number of nitrogens with zero attached hydrogens (tertiary/aromatic N) is 1. The largest absolute Gasteiger partial charge is 0.414 e. The van der Waals surface area contributed by atoms with E-state index in [4.69, 9.17) is 4.74 Å². The maximum Gasteiger partial charge on any atom is 0.414 e. The third-order valence-electron chi connectivity index (χ3n) is 4.86. The van der Waals surface area contributed by atoms with Crippen molar-refractivity contribution in [3.63, 3.8) is 0 Å². The van der Waals surface area contributed by atoms with E-state index in [0.29, 0.717) is 34.8 Å². The van der Waals surface area contributed by atoms with Crippen LogP contribution in [0.15, 0.2) is 34.1 Å². The minimum absolute atomic E-state index is 0.106. The van der Waals surface area contributed by atoms with Crippen LogP contribution in [0.1, 0.15) is 36.2 Å². The Kier molecular flexibility index (Phi) is 7.00. The quantitative estimate of drug-likeness (QED) is 0.618. The Labute approximate surface area is 192 Å². The van der Waals surface area contributed by atoms with Gasteiger partial charge >= 0.3 is 6.09 Å². The van der Waals surface area contributed by atoms with Gasteiger partial charge in [0.05, 0.1) is 10.3 Å². The van der Waals surface area contributed by atoms with Crippen molar-refractivity contribution in [1.29, 1.82) is 0 Å². The molecular weight excluding hydrogens is 489 g/mol. The van der Waals surface area contributed by atoms with Gasteiger partial charge in [0.15, 0.2) is 5.06 Å². The summed E-state index contributed by atoms with van der Waals surface area (Å²) in [5, 5.41) is 5.68. The molecule has 3 rings (SSSR count). The number of amides is 3. The molecule has 1 aliphatic heterocycles. The Morgan fingerprint density at radius 3 is 2.58 bits per heavy atom. The molecule has 0 aliphatic carbocycles. The Morgan fingerprint density at radius 2 is 2.00 bits per heavy atom. The molecule has 7 nitrogen and oxygen atoms in total. The number of anilines is 1. The highest BCUT2D eigenvalue weighted by Crippen LogP contribution is 2.29. The zero-order chi connectivity index (χ0) is 22.8. The zero-order valence-corrected chi connectivity index (χ0v) is 19.7. The van der Waals surface area contributed by atoms with Crippen LogP contribution in [0.25, 0.3) is 0 Å². The predicted octanol–water partition coefficient (Wildman–Crippen LogP) is 4.51. The molecule has 1 aromatic heterocycles. The summed E-state index contributed by atoms with van der Waals surface area (Å²) in [5.41, 5.74) is 0.364. The van der Waals surface area contributed by atoms with Gasteiger partial charge in [-0.1, -0.05) is 11.3 Å². The van der Waals surface area contributed by atoms with Crippen LogP contribution < -0.4 is 15.4 Å². The maximum absolute atomic E-state index is 13.4. The van der Waals surface area contributed by atoms with Crippen molar-refractivity contribution >= 4 is 50.9 Å². The molecule has 3 amide bonds. The second-order valence-electron chi connectivity index (χ2n) is 7.82. The highest BCUT2D eigenvalue weighted by Gasteiger charge is 2.31. The molecular formula is C21H23BrFN3O4S. The van der Waals surface area contributed by atoms with Crippen LogP contribution in [-0.4, -0.2) is 47.6 Å². The highest BCUT2D eigenvalue weighted by molar-refractivity contribution is 9.11. The predicted molar refractivity (Wildman–Crippen MR) is 120 cm³/mol. The van der Waals surface area contributed by atoms with Crippen LogP contribution >= 0.6 is 27.3 Å². The number of nitrogens with one attached hydrogen (secondary N) is 2. The number of carbonyl (C=O) groups is 3. The Balaban J connectivity index is 1.61. The van der Waals surface area contributed by atoms with Crippen LogP contribution in [0.3, 0.4) is 0 Å². The molecule has 0 saturated carbocycles. The molecule has 1 aromatic carbocycles. The number of ether oxygens (including phenoxy) is 1. The molecule has 2 N–H and O–H groups in total. The number of likely N-dealkylation sites (tertiary alicyclic amines) is 1. The summed E-state index contributed by atoms with van der Waals surface area (Å²) in [4.78, 5) is 38.9. The van der Waals surface area contributed by atoms with Gasteiger partial charge < -0.3 is 20.3 Å². The molecule has 1 aliphatic rings. The molecule has 2 aromatic rings. The summed E-state index contributed by atoms with van der Waals surface area (Å²) >= 11 is 4.54. The van der Waals surface area contributed by atoms with Crippen molar-refractivity contribution in [3.05, 3.63) is 45.2 Å². The monoisotopic (exact) mass is 511 g/mol. The number of hydrogen-bond acceptors (Lipinski definition) is 5. The summed E-state index contributed by atoms with van der Waals surface area (Å²) in [6, 6.07) is 8.29. The third kappa shape index (κ3) is 5.82. The summed E-state index contributed by atoms with van der Waals surface area (Å²) in [6.45, 7) is 5.37. The second-order valence-corrected chi connectivity index (χ2v) is 10.2. The van der Waals surface area contributed by atoms with Gasteiger partial charge in [-0.3, -0.25) is 9.59 Å². The van der Waals surface area contributed by atoms with Crippen LogP contribution in [-0.2, 0) is 4.79 Å². The normalized spacial score (nSPS) is 16.2. The summed E-state index contributed by atoms with van der Waals surface area (Å²) in [5.74, 6) is -0.671. The molecule has 10 heteroatoms. The van der Waals surface area contributed by atoms with Gasteiger partial charge in [0.2, 0.25) is 5.91 Å². The van der Waals surface area contributed by atoms with Crippen molar-refractivity contribution in [2.45, 2.75) is 38.9 Å². The van der Waals surface area contributed by atoms with Crippen LogP contribution in [0.5, 0.6) is 5.06 Å². The van der Waals surface area contributed by atoms with Gasteiger partial charge in [-0.15, -0.1) is 0 Å². The van der Waals surface area contributed by atoms with Crippen molar-refractivity contribution in [1.82, 2.24) is 10.2 Å². The molecule has 2 heterocycles. The van der Waals surface area contributed by atoms with Crippen molar-refractivity contribution in [2.75, 3.05) is 18.4 Å². The molecule has 0 bridgehead atoms. The van der Waals surface area contributed by atoms with Crippen molar-refractivity contribution < 1.29 is 23.5 Å². The second kappa shape index (κ2) is 9.35. The zero-order valence-electron chi connectivity index (χ0n) is 17.3. The average Bonchev–Trinajstić information content (AvgIpc) is 3.29. The number of carbonyl (C=O) groups excluding carboxylic acids is 3. The molecule has 0 radical (unpaired) electrons. The van der Waals surface area contributed by atoms with E-state index < -0.39 is 23.7 Å². The Hall–Kier alpha value is -2.46. The fraction of sp³-hybridized carbons (Fsp3) is 0.381. The topological polar surface area (TPSA) is 87.7 Å². The molecule has 166 valence electrons. The molecule has 1 saturated heterocycles. The fourth-order valence-corrected chi connectivity index (χ4v) is 4.32. The SMILES string of the molecule is Cc1cc(NC(=O)C(C)(C)NC(=O)Oc2ccc(Br)s2)ccc1C(=O)N1CCC(F)C1. The molecule has 1 atom stereocenters. The van der Waals surface area contributed by atoms with E-state index in [-0.39, 0.29) is 12.5 Å². The Morgan fingerprint density at radius 1 is 1.26 bits per heavy atom. The first-order valence-corrected chi connectivity index (χ1v) is 11.3. The van der Waals surface area contributed by atoms with Crippen LogP contribution in [0, 0.1) is 6.92 Å². The van der Waals surface area contributed by atoms with Gasteiger partial charge in [-0.2, -0.15) is 0 Å². The molecule has 1 fully saturated rings. The lowest BCUT2D eigenvalue weighted by molar-refractivity contribution is -0.121. The number of benzene rings is 1. The first kappa shape index (κ1) is 23.2. The smallest absolute Gasteiger partial charge is 0.399 e. The minimum Gasteiger partial charge on any atom is -0.399 e. The molecule has 0 spiro atoms. The molecule has 1 unspecified atom stereocenters. The van der Waals surface area contributed by atoms with E-state index in [1.807, 2.05) is 0 Å². The lowest BCUT2D eigenvalue weighted by Crippen LogP contribution is -2.53. The maximum atomic E-state index is 13.4. The van der Waals surface area contributed by atoms with Crippen molar-refractivity contribution in [2.24, 2.45) is 0 Å². The number of thiophene rings is 1. The van der Waals surface area contributed by atoms with E-state index in [1.54, 1.807) is 51.1 Å². The van der Waals surface area contributed by atoms with Gasteiger partial charge in [0, 0.05) is 17.8 Å². The van der Waals surface area contributed by atoms with Crippen LogP contribution in [0.4, 0.5) is 14.9 Å². The Bertz CT molecular complexity index is 1010. The lowest BCUT2D eigenvalue weighted by atomic mass is 10.0. The number of alkyl halides is 1. The average molecular weight is 512 g/mol. The lowest BCUT2D eigenvalue weighted by Gasteiger charge is -2.24. The third-order valence-corrected chi connectivity index (χ3v) is 6.36. The van der Waals surface area contributed by atoms with Crippen LogP contribution in [0.2, 0.25) is 0 Å². The van der Waals surface area contributed by atoms with Crippen molar-refractivity contribution in [3.8, 4) is 5.06 Å². The van der Waals surface area contributed by atoms with E-state index in [0.717, 1.165) is 3.79 Å². The fourth-order valence-electron chi connectivity index (χ4n) is 3.12. The number of rotatable bonds is 5. The van der Waals surface area contributed by atoms with E-state index in [1.165, 1.54) is 16.2 Å². The highest BCUT2D eigenvalue weighted by atomic mass is 79.9. The first-order valence-electron chi connectivity index (χ1n) is 9.66. The van der Waals surface area contributed by atoms with E-state index in [9.17, 15) is 18.8 Å². The minimum atomic E-state index is -1.25. The first-order chi connectivity index (χ1) is 14.5. The van der Waals surface area contributed by atoms with E-state index in [2.05, 4.69) is 26.6 Å².